The second-order valence-electron chi connectivity index (χ2n) is 6.20. The van der Waals surface area contributed by atoms with Crippen molar-refractivity contribution < 1.29 is 4.79 Å². The van der Waals surface area contributed by atoms with Crippen LogP contribution in [0.2, 0.25) is 0 Å². The van der Waals surface area contributed by atoms with Gasteiger partial charge in [0.05, 0.1) is 0 Å². The highest BCUT2D eigenvalue weighted by Crippen LogP contribution is 2.27. The number of thiophene rings is 1. The number of carbonyl (C=O) groups is 1. The quantitative estimate of drug-likeness (QED) is 0.865. The Morgan fingerprint density at radius 1 is 1.30 bits per heavy atom. The summed E-state index contributed by atoms with van der Waals surface area (Å²) in [6.45, 7) is 1.59. The maximum atomic E-state index is 12.3. The van der Waals surface area contributed by atoms with E-state index in [9.17, 15) is 9.59 Å². The minimum atomic E-state index is 0.0387. The van der Waals surface area contributed by atoms with Crippen LogP contribution in [0.15, 0.2) is 40.0 Å². The molecule has 0 atom stereocenters. The lowest BCUT2D eigenvalue weighted by molar-refractivity contribution is -0.132. The topological polar surface area (TPSA) is 42.3 Å². The Morgan fingerprint density at radius 3 is 2.74 bits per heavy atom. The fourth-order valence-electron chi connectivity index (χ4n) is 3.12. The van der Waals surface area contributed by atoms with Crippen LogP contribution < -0.4 is 5.56 Å². The number of nitrogens with zero attached hydrogens (tertiary/aromatic N) is 2. The lowest BCUT2D eigenvalue weighted by atomic mass is 9.90. The summed E-state index contributed by atoms with van der Waals surface area (Å²) in [6, 6.07) is 5.85. The molecule has 1 amide bonds. The Bertz CT molecular complexity index is 713. The third-order valence-electron chi connectivity index (χ3n) is 4.66. The van der Waals surface area contributed by atoms with Gasteiger partial charge in [-0.3, -0.25) is 9.59 Å². The smallest absolute Gasteiger partial charge is 0.250 e. The maximum Gasteiger partial charge on any atom is 0.250 e. The molecule has 3 rings (SSSR count). The molecule has 0 bridgehead atoms. The number of aryl methyl sites for hydroxylation is 2. The van der Waals surface area contributed by atoms with E-state index in [1.165, 1.54) is 5.56 Å². The summed E-state index contributed by atoms with van der Waals surface area (Å²) >= 11 is 1.67. The summed E-state index contributed by atoms with van der Waals surface area (Å²) in [6.07, 6.45) is 5.13. The molecule has 0 saturated carbocycles. The van der Waals surface area contributed by atoms with Gasteiger partial charge in [-0.25, -0.2) is 0 Å². The highest BCUT2D eigenvalue weighted by molar-refractivity contribution is 7.07. The van der Waals surface area contributed by atoms with E-state index >= 15 is 0 Å². The molecule has 5 heteroatoms. The largest absolute Gasteiger partial charge is 0.343 e. The van der Waals surface area contributed by atoms with Gasteiger partial charge in [0.2, 0.25) is 5.91 Å². The van der Waals surface area contributed by atoms with E-state index < -0.39 is 0 Å². The number of hydrogen-bond donors (Lipinski definition) is 0. The zero-order valence-corrected chi connectivity index (χ0v) is 14.2. The fraction of sp³-hybridized carbons (Fsp3) is 0.444. The van der Waals surface area contributed by atoms with Gasteiger partial charge in [-0.15, -0.1) is 0 Å². The molecule has 0 N–H and O–H groups in total. The zero-order chi connectivity index (χ0) is 16.2. The average molecular weight is 330 g/mol. The van der Waals surface area contributed by atoms with Gasteiger partial charge in [-0.1, -0.05) is 0 Å². The average Bonchev–Trinajstić information content (AvgIpc) is 3.09. The Hall–Kier alpha value is -1.88. The number of pyridine rings is 1. The van der Waals surface area contributed by atoms with Gasteiger partial charge in [0.25, 0.3) is 5.56 Å². The molecule has 4 nitrogen and oxygen atoms in total. The van der Waals surface area contributed by atoms with Gasteiger partial charge >= 0.3 is 0 Å². The number of amides is 1. The molecule has 0 spiro atoms. The molecule has 23 heavy (non-hydrogen) atoms. The van der Waals surface area contributed by atoms with Gasteiger partial charge < -0.3 is 9.47 Å². The molecule has 122 valence electrons. The molecule has 1 aliphatic rings. The van der Waals surface area contributed by atoms with Crippen LogP contribution in [0, 0.1) is 0 Å². The first-order chi connectivity index (χ1) is 11.1. The van der Waals surface area contributed by atoms with Crippen LogP contribution in [0.25, 0.3) is 0 Å². The van der Waals surface area contributed by atoms with Crippen molar-refractivity contribution in [3.8, 4) is 0 Å². The lowest BCUT2D eigenvalue weighted by Crippen LogP contribution is -2.38. The lowest BCUT2D eigenvalue weighted by Gasteiger charge is -2.32. The Labute approximate surface area is 140 Å². The number of carbonyl (C=O) groups excluding carboxylic acids is 1. The molecule has 1 aliphatic heterocycles. The molecule has 0 radical (unpaired) electrons. The van der Waals surface area contributed by atoms with Crippen molar-refractivity contribution in [1.82, 2.24) is 9.47 Å². The fourth-order valence-corrected chi connectivity index (χ4v) is 3.83. The minimum absolute atomic E-state index is 0.0387. The molecule has 0 aromatic carbocycles. The van der Waals surface area contributed by atoms with Crippen LogP contribution in [0.1, 0.15) is 36.3 Å². The minimum Gasteiger partial charge on any atom is -0.343 e. The van der Waals surface area contributed by atoms with Crippen molar-refractivity contribution in [2.45, 2.75) is 31.6 Å². The number of piperidine rings is 1. The standard InChI is InChI=1S/C18H22N2O2S/c1-19-8-4-16(12-18(19)22)15-5-9-20(10-6-15)17(21)3-2-14-7-11-23-13-14/h4,7-8,11-13,15H,2-3,5-6,9-10H2,1H3. The third kappa shape index (κ3) is 3.91. The Balaban J connectivity index is 1.52. The zero-order valence-electron chi connectivity index (χ0n) is 13.4. The summed E-state index contributed by atoms with van der Waals surface area (Å²) in [5.41, 5.74) is 2.40. The van der Waals surface area contributed by atoms with Gasteiger partial charge in [0.15, 0.2) is 0 Å². The van der Waals surface area contributed by atoms with Crippen molar-refractivity contribution in [2.24, 2.45) is 7.05 Å². The molecular formula is C18H22N2O2S. The number of rotatable bonds is 4. The van der Waals surface area contributed by atoms with Crippen molar-refractivity contribution in [3.63, 3.8) is 0 Å². The van der Waals surface area contributed by atoms with Crippen LogP contribution >= 0.6 is 11.3 Å². The summed E-state index contributed by atoms with van der Waals surface area (Å²) in [5, 5.41) is 4.16. The predicted molar refractivity (Wildman–Crippen MR) is 92.9 cm³/mol. The van der Waals surface area contributed by atoms with Crippen LogP contribution in [0.3, 0.4) is 0 Å². The number of aromatic nitrogens is 1. The van der Waals surface area contributed by atoms with Crippen LogP contribution in [0.5, 0.6) is 0 Å². The van der Waals surface area contributed by atoms with Gasteiger partial charge in [0.1, 0.15) is 0 Å². The SMILES string of the molecule is Cn1ccc(C2CCN(C(=O)CCc3ccsc3)CC2)cc1=O. The highest BCUT2D eigenvalue weighted by Gasteiger charge is 2.23. The second-order valence-corrected chi connectivity index (χ2v) is 6.98. The summed E-state index contributed by atoms with van der Waals surface area (Å²) < 4.78 is 1.59. The van der Waals surface area contributed by atoms with E-state index in [1.54, 1.807) is 29.0 Å². The first-order valence-corrected chi connectivity index (χ1v) is 9.03. The monoisotopic (exact) mass is 330 g/mol. The van der Waals surface area contributed by atoms with E-state index in [-0.39, 0.29) is 11.5 Å². The molecular weight excluding hydrogens is 308 g/mol. The van der Waals surface area contributed by atoms with E-state index in [0.717, 1.165) is 37.9 Å². The molecule has 1 fully saturated rings. The maximum absolute atomic E-state index is 12.3. The predicted octanol–water partition coefficient (Wildman–Crippen LogP) is 2.79. The van der Waals surface area contributed by atoms with E-state index in [1.807, 2.05) is 17.2 Å². The normalized spacial score (nSPS) is 15.8. The number of hydrogen-bond acceptors (Lipinski definition) is 3. The van der Waals surface area contributed by atoms with Crippen molar-refractivity contribution in [2.75, 3.05) is 13.1 Å². The molecule has 2 aromatic heterocycles. The third-order valence-corrected chi connectivity index (χ3v) is 5.39. The van der Waals surface area contributed by atoms with Crippen molar-refractivity contribution >= 4 is 17.2 Å². The van der Waals surface area contributed by atoms with Crippen LogP contribution in [-0.4, -0.2) is 28.5 Å². The molecule has 2 aromatic rings. The van der Waals surface area contributed by atoms with Crippen LogP contribution in [0.4, 0.5) is 0 Å². The molecule has 3 heterocycles. The van der Waals surface area contributed by atoms with Crippen molar-refractivity contribution in [1.29, 1.82) is 0 Å². The van der Waals surface area contributed by atoms with Crippen molar-refractivity contribution in [3.05, 3.63) is 56.6 Å². The van der Waals surface area contributed by atoms with E-state index in [4.69, 9.17) is 0 Å². The first-order valence-electron chi connectivity index (χ1n) is 8.09. The van der Waals surface area contributed by atoms with Crippen LogP contribution in [-0.2, 0) is 18.3 Å². The molecule has 0 aliphatic carbocycles. The summed E-state index contributed by atoms with van der Waals surface area (Å²) in [4.78, 5) is 26.0. The van der Waals surface area contributed by atoms with E-state index in [0.29, 0.717) is 12.3 Å². The second kappa shape index (κ2) is 7.13. The summed E-state index contributed by atoms with van der Waals surface area (Å²) in [5.74, 6) is 0.642. The van der Waals surface area contributed by atoms with E-state index in [2.05, 4.69) is 16.8 Å². The number of likely N-dealkylation sites (tertiary alicyclic amines) is 1. The Kier molecular flexibility index (Phi) is 4.96. The summed E-state index contributed by atoms with van der Waals surface area (Å²) in [7, 11) is 1.76. The molecule has 0 unspecified atom stereocenters. The van der Waals surface area contributed by atoms with Gasteiger partial charge in [-0.2, -0.15) is 11.3 Å². The first kappa shape index (κ1) is 16.0. The molecule has 1 saturated heterocycles. The van der Waals surface area contributed by atoms with Gasteiger partial charge in [-0.05, 0) is 59.2 Å². The van der Waals surface area contributed by atoms with Gasteiger partial charge in [0, 0.05) is 38.8 Å². The Morgan fingerprint density at radius 2 is 2.09 bits per heavy atom. The highest BCUT2D eigenvalue weighted by atomic mass is 32.1.